The molecule has 94 valence electrons. The minimum Gasteiger partial charge on any atom is -0.129 e. The Morgan fingerprint density at radius 1 is 0.938 bits per heavy atom. The van der Waals surface area contributed by atoms with Gasteiger partial charge in [-0.25, -0.2) is 0 Å². The monoisotopic (exact) mass is 258 g/mol. The van der Waals surface area contributed by atoms with E-state index >= 15 is 0 Å². The molecule has 0 N–H and O–H groups in total. The van der Waals surface area contributed by atoms with Crippen LogP contribution >= 0.6 is 23.5 Å². The molecule has 0 aromatic heterocycles. The summed E-state index contributed by atoms with van der Waals surface area (Å²) < 4.78 is 0. The average molecular weight is 258 g/mol. The third-order valence-electron chi connectivity index (χ3n) is 2.64. The van der Waals surface area contributed by atoms with E-state index in [0.29, 0.717) is 10.8 Å². The first-order valence-corrected chi connectivity index (χ1v) is 8.16. The van der Waals surface area contributed by atoms with Crippen LogP contribution in [0.25, 0.3) is 0 Å². The van der Waals surface area contributed by atoms with Crippen molar-refractivity contribution in [2.24, 2.45) is 10.8 Å². The Morgan fingerprint density at radius 2 is 1.50 bits per heavy atom. The second-order valence-electron chi connectivity index (χ2n) is 6.76. The van der Waals surface area contributed by atoms with Crippen LogP contribution in [-0.2, 0) is 0 Å². The van der Waals surface area contributed by atoms with E-state index in [0.717, 1.165) is 0 Å². The topological polar surface area (TPSA) is 0 Å². The molecule has 16 heavy (non-hydrogen) atoms. The first-order valence-electron chi connectivity index (χ1n) is 6.19. The molecule has 0 atom stereocenters. The average Bonchev–Trinajstić information content (AvgIpc) is 2.12. The molecule has 0 saturated carbocycles. The molecule has 0 aliphatic carbocycles. The molecule has 0 aromatic rings. The molecule has 1 aliphatic rings. The molecule has 0 amide bonds. The van der Waals surface area contributed by atoms with E-state index in [2.05, 4.69) is 65.1 Å². The van der Waals surface area contributed by atoms with Crippen molar-refractivity contribution in [3.63, 3.8) is 0 Å². The van der Waals surface area contributed by atoms with Gasteiger partial charge in [-0.15, -0.1) is 23.5 Å². The fraction of sp³-hybridized carbons (Fsp3) is 0.857. The molecular weight excluding hydrogens is 232 g/mol. The zero-order valence-electron chi connectivity index (χ0n) is 11.6. The summed E-state index contributed by atoms with van der Waals surface area (Å²) in [4.78, 5) is 3.31. The standard InChI is InChI=1S/C14H26S2/c1-13(2,3)8-7-11-12(14(4,5)6)16-10-9-15-11/h7-10H2,1-6H3. The van der Waals surface area contributed by atoms with Crippen molar-refractivity contribution in [2.75, 3.05) is 11.5 Å². The fourth-order valence-electron chi connectivity index (χ4n) is 1.76. The summed E-state index contributed by atoms with van der Waals surface area (Å²) in [5.74, 6) is 2.58. The van der Waals surface area contributed by atoms with Crippen LogP contribution in [0, 0.1) is 10.8 Å². The largest absolute Gasteiger partial charge is 0.129 e. The molecule has 0 nitrogen and oxygen atoms in total. The highest BCUT2D eigenvalue weighted by molar-refractivity contribution is 8.10. The third-order valence-corrected chi connectivity index (χ3v) is 5.75. The number of hydrogen-bond acceptors (Lipinski definition) is 2. The van der Waals surface area contributed by atoms with E-state index in [1.807, 2.05) is 0 Å². The Balaban J connectivity index is 2.76. The minimum absolute atomic E-state index is 0.339. The third kappa shape index (κ3) is 4.75. The Morgan fingerprint density at radius 3 is 2.00 bits per heavy atom. The number of allylic oxidation sites excluding steroid dienone is 2. The second kappa shape index (κ2) is 5.39. The van der Waals surface area contributed by atoms with Gasteiger partial charge in [-0.1, -0.05) is 41.5 Å². The first kappa shape index (κ1) is 14.5. The van der Waals surface area contributed by atoms with Crippen LogP contribution in [0.2, 0.25) is 0 Å². The van der Waals surface area contributed by atoms with Crippen molar-refractivity contribution in [1.82, 2.24) is 0 Å². The van der Waals surface area contributed by atoms with Gasteiger partial charge in [0.15, 0.2) is 0 Å². The van der Waals surface area contributed by atoms with Gasteiger partial charge in [-0.3, -0.25) is 0 Å². The molecular formula is C14H26S2. The molecule has 0 aromatic carbocycles. The summed E-state index contributed by atoms with van der Waals surface area (Å²) in [6.45, 7) is 14.1. The molecule has 0 fully saturated rings. The van der Waals surface area contributed by atoms with E-state index in [1.54, 1.807) is 9.81 Å². The quantitative estimate of drug-likeness (QED) is 0.637. The molecule has 2 heteroatoms. The summed E-state index contributed by atoms with van der Waals surface area (Å²) in [6, 6.07) is 0. The number of rotatable bonds is 2. The van der Waals surface area contributed by atoms with E-state index in [4.69, 9.17) is 0 Å². The van der Waals surface area contributed by atoms with Crippen LogP contribution in [0.15, 0.2) is 9.81 Å². The summed E-state index contributed by atoms with van der Waals surface area (Å²) in [7, 11) is 0. The van der Waals surface area contributed by atoms with Crippen molar-refractivity contribution < 1.29 is 0 Å². The lowest BCUT2D eigenvalue weighted by Gasteiger charge is -2.30. The SMILES string of the molecule is CC(C)(C)CCC1=C(C(C)(C)C)SCCS1. The van der Waals surface area contributed by atoms with Crippen LogP contribution in [0.3, 0.4) is 0 Å². The maximum atomic E-state index is 2.35. The Labute approximate surface area is 110 Å². The fourth-order valence-corrected chi connectivity index (χ4v) is 4.61. The summed E-state index contributed by atoms with van der Waals surface area (Å²) in [6.07, 6.45) is 2.57. The zero-order valence-corrected chi connectivity index (χ0v) is 13.3. The predicted octanol–water partition coefficient (Wildman–Crippen LogP) is 5.55. The number of thioether (sulfide) groups is 2. The van der Waals surface area contributed by atoms with Gasteiger partial charge < -0.3 is 0 Å². The van der Waals surface area contributed by atoms with Gasteiger partial charge in [-0.05, 0) is 33.5 Å². The van der Waals surface area contributed by atoms with Gasteiger partial charge in [0.1, 0.15) is 0 Å². The van der Waals surface area contributed by atoms with Crippen molar-refractivity contribution in [3.05, 3.63) is 9.81 Å². The smallest absolute Gasteiger partial charge is 0.00717 e. The van der Waals surface area contributed by atoms with Gasteiger partial charge in [-0.2, -0.15) is 0 Å². The molecule has 0 saturated heterocycles. The molecule has 1 aliphatic heterocycles. The van der Waals surface area contributed by atoms with Crippen molar-refractivity contribution in [1.29, 1.82) is 0 Å². The van der Waals surface area contributed by atoms with E-state index in [9.17, 15) is 0 Å². The maximum Gasteiger partial charge on any atom is 0.00717 e. The van der Waals surface area contributed by atoms with E-state index < -0.39 is 0 Å². The van der Waals surface area contributed by atoms with Crippen LogP contribution < -0.4 is 0 Å². The van der Waals surface area contributed by atoms with Crippen LogP contribution in [0.1, 0.15) is 54.4 Å². The molecule has 0 unspecified atom stereocenters. The van der Waals surface area contributed by atoms with Crippen molar-refractivity contribution in [3.8, 4) is 0 Å². The van der Waals surface area contributed by atoms with Gasteiger partial charge in [0, 0.05) is 11.5 Å². The van der Waals surface area contributed by atoms with Gasteiger partial charge >= 0.3 is 0 Å². The molecule has 0 radical (unpaired) electrons. The lowest BCUT2D eigenvalue weighted by molar-refractivity contribution is 0.379. The van der Waals surface area contributed by atoms with Crippen molar-refractivity contribution in [2.45, 2.75) is 54.4 Å². The lowest BCUT2D eigenvalue weighted by Crippen LogP contribution is -2.14. The Bertz CT molecular complexity index is 263. The van der Waals surface area contributed by atoms with Gasteiger partial charge in [0.05, 0.1) is 0 Å². The minimum atomic E-state index is 0.339. The van der Waals surface area contributed by atoms with E-state index in [1.165, 1.54) is 24.3 Å². The Hall–Kier alpha value is 0.440. The molecule has 0 bridgehead atoms. The molecule has 1 heterocycles. The maximum absolute atomic E-state index is 2.35. The van der Waals surface area contributed by atoms with Crippen LogP contribution in [-0.4, -0.2) is 11.5 Å². The highest BCUT2D eigenvalue weighted by Gasteiger charge is 2.25. The van der Waals surface area contributed by atoms with E-state index in [-0.39, 0.29) is 0 Å². The highest BCUT2D eigenvalue weighted by atomic mass is 32.2. The van der Waals surface area contributed by atoms with Gasteiger partial charge in [0.2, 0.25) is 0 Å². The molecule has 1 rings (SSSR count). The predicted molar refractivity (Wildman–Crippen MR) is 80.1 cm³/mol. The van der Waals surface area contributed by atoms with Crippen LogP contribution in [0.5, 0.6) is 0 Å². The van der Waals surface area contributed by atoms with Gasteiger partial charge in [0.25, 0.3) is 0 Å². The molecule has 0 spiro atoms. The Kier molecular flexibility index (Phi) is 4.88. The summed E-state index contributed by atoms with van der Waals surface area (Å²) in [5.41, 5.74) is 0.796. The number of hydrogen-bond donors (Lipinski definition) is 0. The summed E-state index contributed by atoms with van der Waals surface area (Å²) >= 11 is 4.19. The highest BCUT2D eigenvalue weighted by Crippen LogP contribution is 2.46. The van der Waals surface area contributed by atoms with Crippen LogP contribution in [0.4, 0.5) is 0 Å². The lowest BCUT2D eigenvalue weighted by atomic mass is 9.89. The zero-order chi connectivity index (χ0) is 12.4. The summed E-state index contributed by atoms with van der Waals surface area (Å²) in [5, 5.41) is 0. The second-order valence-corrected chi connectivity index (χ2v) is 9.05. The normalized spacial score (nSPS) is 19.1. The first-order chi connectivity index (χ1) is 7.20. The van der Waals surface area contributed by atoms with Crippen molar-refractivity contribution >= 4 is 23.5 Å².